The molecule has 0 spiro atoms. The van der Waals surface area contributed by atoms with Crippen LogP contribution in [0.3, 0.4) is 0 Å². The summed E-state index contributed by atoms with van der Waals surface area (Å²) in [6.45, 7) is 0. The topological polar surface area (TPSA) is 116 Å². The Balaban J connectivity index is 1.63. The van der Waals surface area contributed by atoms with Crippen molar-refractivity contribution in [3.05, 3.63) is 93.5 Å². The van der Waals surface area contributed by atoms with Gasteiger partial charge in [0, 0.05) is 11.6 Å². The van der Waals surface area contributed by atoms with Gasteiger partial charge < -0.3 is 5.32 Å². The van der Waals surface area contributed by atoms with Crippen molar-refractivity contribution in [3.63, 3.8) is 0 Å². The summed E-state index contributed by atoms with van der Waals surface area (Å²) >= 11 is 0.727. The van der Waals surface area contributed by atoms with Crippen molar-refractivity contribution >= 4 is 39.1 Å². The smallest absolute Gasteiger partial charge is 0.305 e. The molecule has 0 bridgehead atoms. The van der Waals surface area contributed by atoms with Crippen LogP contribution in [0.4, 0.5) is 19.6 Å². The Morgan fingerprint density at radius 3 is 2.29 bits per heavy atom. The summed E-state index contributed by atoms with van der Waals surface area (Å²) in [7, 11) is 0. The lowest BCUT2D eigenvalue weighted by Crippen LogP contribution is -2.12. The van der Waals surface area contributed by atoms with Crippen LogP contribution in [0.1, 0.15) is 9.67 Å². The van der Waals surface area contributed by atoms with Crippen LogP contribution >= 0.6 is 11.3 Å². The summed E-state index contributed by atoms with van der Waals surface area (Å²) in [6.07, 6.45) is 1.44. The number of thiophene rings is 1. The van der Waals surface area contributed by atoms with Gasteiger partial charge in [-0.25, -0.2) is 23.4 Å². The predicted octanol–water partition coefficient (Wildman–Crippen LogP) is 4.98. The highest BCUT2D eigenvalue weighted by Gasteiger charge is 2.20. The first-order chi connectivity index (χ1) is 16.4. The fourth-order valence-electron chi connectivity index (χ4n) is 3.22. The number of rotatable bonds is 5. The van der Waals surface area contributed by atoms with E-state index in [1.54, 1.807) is 0 Å². The molecule has 0 saturated heterocycles. The van der Waals surface area contributed by atoms with Crippen LogP contribution in [0.5, 0.6) is 0 Å². The van der Waals surface area contributed by atoms with E-state index in [0.717, 1.165) is 11.3 Å². The number of aromatic nitrogens is 4. The highest BCUT2D eigenvalue weighted by atomic mass is 32.1. The summed E-state index contributed by atoms with van der Waals surface area (Å²) in [6, 6.07) is 13.7. The molecule has 1 N–H and O–H groups in total. The molecule has 0 aliphatic carbocycles. The average Bonchev–Trinajstić information content (AvgIpc) is 3.48. The molecule has 5 rings (SSSR count). The monoisotopic (exact) mass is 478 g/mol. The number of carbonyl (C=O) groups is 1. The predicted molar refractivity (Wildman–Crippen MR) is 121 cm³/mol. The van der Waals surface area contributed by atoms with Crippen LogP contribution in [0.25, 0.3) is 28.1 Å². The van der Waals surface area contributed by atoms with E-state index in [0.29, 0.717) is 22.3 Å². The molecule has 3 aromatic heterocycles. The minimum absolute atomic E-state index is 0.110. The molecule has 0 aliphatic rings. The molecule has 168 valence electrons. The van der Waals surface area contributed by atoms with Gasteiger partial charge in [0.1, 0.15) is 17.5 Å². The number of fused-ring (bicyclic) bond motifs is 1. The van der Waals surface area contributed by atoms with Gasteiger partial charge in [-0.2, -0.15) is 5.10 Å². The Morgan fingerprint density at radius 1 is 0.971 bits per heavy atom. The van der Waals surface area contributed by atoms with Gasteiger partial charge in [0.05, 0.1) is 27.1 Å². The van der Waals surface area contributed by atoms with E-state index in [9.17, 15) is 23.7 Å². The normalized spacial score (nSPS) is 11.0. The third-order valence-corrected chi connectivity index (χ3v) is 5.87. The molecule has 0 atom stereocenters. The van der Waals surface area contributed by atoms with Gasteiger partial charge in [-0.3, -0.25) is 14.9 Å². The lowest BCUT2D eigenvalue weighted by molar-refractivity contribution is -0.380. The standard InChI is InChI=1S/C22H12F2N6O3S/c23-13-3-1-12(2-4-13)19-26-20(28-22(31)17-9-10-18(34-17)30(32)33)16-11-25-29(21(16)27-19)15-7-5-14(24)6-8-15/h1-11H,(H,26,27,28,31). The van der Waals surface area contributed by atoms with E-state index in [2.05, 4.69) is 20.4 Å². The second-order valence-corrected chi connectivity index (χ2v) is 8.08. The number of benzene rings is 2. The second-order valence-electron chi connectivity index (χ2n) is 7.02. The summed E-state index contributed by atoms with van der Waals surface area (Å²) in [5, 5.41) is 18.1. The first kappa shape index (κ1) is 21.3. The van der Waals surface area contributed by atoms with Gasteiger partial charge in [-0.1, -0.05) is 11.3 Å². The third kappa shape index (κ3) is 3.97. The fraction of sp³-hybridized carbons (Fsp3) is 0. The maximum absolute atomic E-state index is 13.4. The van der Waals surface area contributed by atoms with E-state index in [4.69, 9.17) is 0 Å². The molecule has 0 saturated carbocycles. The van der Waals surface area contributed by atoms with Crippen LogP contribution in [0, 0.1) is 21.7 Å². The van der Waals surface area contributed by atoms with Crippen molar-refractivity contribution in [3.8, 4) is 17.1 Å². The molecule has 0 fully saturated rings. The fourth-order valence-corrected chi connectivity index (χ4v) is 3.94. The molecule has 3 heterocycles. The van der Waals surface area contributed by atoms with Crippen molar-refractivity contribution in [2.75, 3.05) is 5.32 Å². The molecule has 0 radical (unpaired) electrons. The lowest BCUT2D eigenvalue weighted by Gasteiger charge is -2.09. The summed E-state index contributed by atoms with van der Waals surface area (Å²) in [5.41, 5.74) is 1.32. The molecule has 2 aromatic carbocycles. The van der Waals surface area contributed by atoms with Gasteiger partial charge >= 0.3 is 5.00 Å². The summed E-state index contributed by atoms with van der Waals surface area (Å²) < 4.78 is 28.3. The Hall–Kier alpha value is -4.58. The van der Waals surface area contributed by atoms with Crippen LogP contribution in [-0.2, 0) is 0 Å². The number of hydrogen-bond donors (Lipinski definition) is 1. The number of halogens is 2. The third-order valence-electron chi connectivity index (χ3n) is 4.83. The molecule has 34 heavy (non-hydrogen) atoms. The van der Waals surface area contributed by atoms with E-state index < -0.39 is 22.5 Å². The molecule has 5 aromatic rings. The van der Waals surface area contributed by atoms with Crippen molar-refractivity contribution in [1.82, 2.24) is 19.7 Å². The Morgan fingerprint density at radius 2 is 1.65 bits per heavy atom. The Kier molecular flexibility index (Phi) is 5.26. The summed E-state index contributed by atoms with van der Waals surface area (Å²) in [4.78, 5) is 32.3. The number of nitrogens with one attached hydrogen (secondary N) is 1. The number of nitro groups is 1. The van der Waals surface area contributed by atoms with Crippen LogP contribution in [0.15, 0.2) is 66.9 Å². The Labute approximate surface area is 193 Å². The number of nitrogens with zero attached hydrogens (tertiary/aromatic N) is 5. The highest BCUT2D eigenvalue weighted by Crippen LogP contribution is 2.29. The number of anilines is 1. The second kappa shape index (κ2) is 8.41. The number of hydrogen-bond acceptors (Lipinski definition) is 7. The van der Waals surface area contributed by atoms with E-state index in [1.807, 2.05) is 0 Å². The van der Waals surface area contributed by atoms with E-state index in [-0.39, 0.29) is 21.5 Å². The molecular formula is C22H12F2N6O3S. The van der Waals surface area contributed by atoms with Gasteiger partial charge in [0.15, 0.2) is 11.5 Å². The maximum atomic E-state index is 13.4. The molecule has 0 unspecified atom stereocenters. The van der Waals surface area contributed by atoms with Crippen LogP contribution < -0.4 is 5.32 Å². The SMILES string of the molecule is O=C(Nc1nc(-c2ccc(F)cc2)nc2c1cnn2-c1ccc(F)cc1)c1ccc([N+](=O)[O-])s1. The van der Waals surface area contributed by atoms with Crippen LogP contribution in [0.2, 0.25) is 0 Å². The highest BCUT2D eigenvalue weighted by molar-refractivity contribution is 7.17. The van der Waals surface area contributed by atoms with Crippen molar-refractivity contribution in [1.29, 1.82) is 0 Å². The van der Waals surface area contributed by atoms with Crippen molar-refractivity contribution in [2.45, 2.75) is 0 Å². The quantitative estimate of drug-likeness (QED) is 0.281. The molecule has 1 amide bonds. The average molecular weight is 478 g/mol. The molecule has 12 heteroatoms. The van der Waals surface area contributed by atoms with Gasteiger partial charge in [0.25, 0.3) is 5.91 Å². The zero-order chi connectivity index (χ0) is 23.8. The van der Waals surface area contributed by atoms with Gasteiger partial charge in [-0.15, -0.1) is 0 Å². The zero-order valence-corrected chi connectivity index (χ0v) is 17.8. The molecule has 0 aliphatic heterocycles. The van der Waals surface area contributed by atoms with E-state index in [1.165, 1.54) is 71.5 Å². The summed E-state index contributed by atoms with van der Waals surface area (Å²) in [5.74, 6) is -1.16. The lowest BCUT2D eigenvalue weighted by atomic mass is 10.2. The first-order valence-electron chi connectivity index (χ1n) is 9.72. The zero-order valence-electron chi connectivity index (χ0n) is 17.0. The van der Waals surface area contributed by atoms with Crippen molar-refractivity contribution < 1.29 is 18.5 Å². The van der Waals surface area contributed by atoms with Crippen molar-refractivity contribution in [2.24, 2.45) is 0 Å². The minimum atomic E-state index is -0.599. The number of carbonyl (C=O) groups excluding carboxylic acids is 1. The minimum Gasteiger partial charge on any atom is -0.305 e. The first-order valence-corrected chi connectivity index (χ1v) is 10.5. The maximum Gasteiger partial charge on any atom is 0.324 e. The Bertz CT molecular complexity index is 1550. The number of amides is 1. The van der Waals surface area contributed by atoms with Gasteiger partial charge in [-0.05, 0) is 54.6 Å². The van der Waals surface area contributed by atoms with Crippen LogP contribution in [-0.4, -0.2) is 30.6 Å². The largest absolute Gasteiger partial charge is 0.324 e. The van der Waals surface area contributed by atoms with E-state index >= 15 is 0 Å². The molecule has 9 nitrogen and oxygen atoms in total. The molecular weight excluding hydrogens is 466 g/mol. The van der Waals surface area contributed by atoms with Gasteiger partial charge in [0.2, 0.25) is 0 Å².